The van der Waals surface area contributed by atoms with Crippen LogP contribution in [-0.4, -0.2) is 34.9 Å². The summed E-state index contributed by atoms with van der Waals surface area (Å²) in [6, 6.07) is 0. The second-order valence-corrected chi connectivity index (χ2v) is 3.21. The molecule has 7 heteroatoms. The van der Waals surface area contributed by atoms with Crippen molar-refractivity contribution in [1.29, 1.82) is 0 Å². The van der Waals surface area contributed by atoms with Crippen molar-refractivity contribution in [3.05, 3.63) is 0 Å². The molecule has 88 valence electrons. The Kier molecular flexibility index (Phi) is 8.06. The third-order valence-electron chi connectivity index (χ3n) is 1.48. The predicted octanol–water partition coefficient (Wildman–Crippen LogP) is 0.179. The summed E-state index contributed by atoms with van der Waals surface area (Å²) in [5.74, 6) is -1.78. The summed E-state index contributed by atoms with van der Waals surface area (Å²) in [4.78, 5) is 21.4. The summed E-state index contributed by atoms with van der Waals surface area (Å²) in [6.45, 7) is 1.14. The largest absolute Gasteiger partial charge is 0.385 e. The zero-order valence-corrected chi connectivity index (χ0v) is 9.16. The van der Waals surface area contributed by atoms with Gasteiger partial charge in [-0.05, 0) is 6.42 Å². The van der Waals surface area contributed by atoms with Crippen LogP contribution in [0.4, 0.5) is 0 Å². The minimum absolute atomic E-state index is 0.137. The first-order chi connectivity index (χ1) is 7.11. The molecule has 0 aromatic carbocycles. The molecule has 15 heavy (non-hydrogen) atoms. The van der Waals surface area contributed by atoms with Gasteiger partial charge in [-0.1, -0.05) is 19.8 Å². The topological polar surface area (TPSA) is 93.1 Å². The summed E-state index contributed by atoms with van der Waals surface area (Å²) in [6.07, 6.45) is 0.670. The Morgan fingerprint density at radius 3 is 2.60 bits per heavy atom. The molecule has 1 unspecified atom stereocenters. The van der Waals surface area contributed by atoms with Gasteiger partial charge < -0.3 is 18.6 Å². The lowest BCUT2D eigenvalue weighted by Crippen LogP contribution is -2.21. The summed E-state index contributed by atoms with van der Waals surface area (Å²) in [5, 5.41) is 17.4. The monoisotopic (exact) mass is 238 g/mol. The van der Waals surface area contributed by atoms with Crippen LogP contribution in [0.1, 0.15) is 26.2 Å². The zero-order valence-electron chi connectivity index (χ0n) is 8.34. The lowest BCUT2D eigenvalue weighted by Gasteiger charge is -2.07. The first kappa shape index (κ1) is 14.2. The molecule has 0 aliphatic rings. The minimum atomic E-state index is -1.20. The second-order valence-electron chi connectivity index (χ2n) is 2.74. The molecule has 0 spiro atoms. The van der Waals surface area contributed by atoms with Gasteiger partial charge in [0.1, 0.15) is 6.61 Å². The Morgan fingerprint density at radius 2 is 2.07 bits per heavy atom. The van der Waals surface area contributed by atoms with E-state index in [0.717, 1.165) is 6.42 Å². The SMILES string of the molecule is CCCCC(O)C(=O)OSOC(=O)CO. The van der Waals surface area contributed by atoms with Gasteiger partial charge in [0, 0.05) is 0 Å². The molecule has 0 bridgehead atoms. The Hall–Kier alpha value is -0.790. The van der Waals surface area contributed by atoms with Crippen LogP contribution in [0.25, 0.3) is 0 Å². The fourth-order valence-corrected chi connectivity index (χ4v) is 1.03. The van der Waals surface area contributed by atoms with Crippen molar-refractivity contribution in [2.45, 2.75) is 32.3 Å². The number of carbonyl (C=O) groups excluding carboxylic acids is 2. The number of hydrogen-bond donors (Lipinski definition) is 2. The van der Waals surface area contributed by atoms with Crippen LogP contribution in [0.2, 0.25) is 0 Å². The molecule has 0 aliphatic heterocycles. The summed E-state index contributed by atoms with van der Waals surface area (Å²) >= 11 is 0.137. The fraction of sp³-hybridized carbons (Fsp3) is 0.750. The van der Waals surface area contributed by atoms with Gasteiger partial charge in [0.15, 0.2) is 6.10 Å². The van der Waals surface area contributed by atoms with Crippen LogP contribution in [0, 0.1) is 0 Å². The highest BCUT2D eigenvalue weighted by molar-refractivity contribution is 7.90. The van der Waals surface area contributed by atoms with E-state index in [1.54, 1.807) is 0 Å². The van der Waals surface area contributed by atoms with Gasteiger partial charge in [0.25, 0.3) is 12.3 Å². The average molecular weight is 238 g/mol. The molecular weight excluding hydrogens is 224 g/mol. The van der Waals surface area contributed by atoms with Crippen LogP contribution in [-0.2, 0) is 18.0 Å². The molecule has 0 radical (unpaired) electrons. The smallest absolute Gasteiger partial charge is 0.349 e. The van der Waals surface area contributed by atoms with E-state index < -0.39 is 24.6 Å². The normalized spacial score (nSPS) is 11.9. The van der Waals surface area contributed by atoms with Crippen LogP contribution in [0.5, 0.6) is 0 Å². The van der Waals surface area contributed by atoms with E-state index in [0.29, 0.717) is 12.8 Å². The predicted molar refractivity (Wildman–Crippen MR) is 52.4 cm³/mol. The van der Waals surface area contributed by atoms with Crippen molar-refractivity contribution in [3.63, 3.8) is 0 Å². The quantitative estimate of drug-likeness (QED) is 0.611. The highest BCUT2D eigenvalue weighted by Crippen LogP contribution is 2.09. The third kappa shape index (κ3) is 7.18. The van der Waals surface area contributed by atoms with E-state index in [2.05, 4.69) is 8.37 Å². The van der Waals surface area contributed by atoms with Gasteiger partial charge in [-0.2, -0.15) is 0 Å². The molecule has 0 aromatic heterocycles. The van der Waals surface area contributed by atoms with Crippen molar-refractivity contribution >= 4 is 24.3 Å². The number of aliphatic hydroxyl groups excluding tert-OH is 2. The molecule has 0 heterocycles. The standard InChI is InChI=1S/C8H14O6S/c1-2-3-4-6(10)8(12)14-15-13-7(11)5-9/h6,9-10H,2-5H2,1H3. The maximum absolute atomic E-state index is 11.0. The number of carbonyl (C=O) groups is 2. The van der Waals surface area contributed by atoms with Gasteiger partial charge in [-0.25, -0.2) is 9.59 Å². The number of unbranched alkanes of at least 4 members (excludes halogenated alkanes) is 1. The Morgan fingerprint density at radius 1 is 1.40 bits per heavy atom. The number of aliphatic hydroxyl groups is 2. The molecule has 0 aromatic rings. The molecule has 0 amide bonds. The van der Waals surface area contributed by atoms with Crippen LogP contribution >= 0.6 is 12.3 Å². The molecule has 0 rings (SSSR count). The first-order valence-corrected chi connectivity index (χ1v) is 5.15. The Balaban J connectivity index is 3.59. The van der Waals surface area contributed by atoms with Crippen molar-refractivity contribution < 1.29 is 28.2 Å². The molecular formula is C8H14O6S. The van der Waals surface area contributed by atoms with Crippen LogP contribution in [0.15, 0.2) is 0 Å². The lowest BCUT2D eigenvalue weighted by molar-refractivity contribution is -0.144. The number of rotatable bonds is 7. The molecule has 6 nitrogen and oxygen atoms in total. The van der Waals surface area contributed by atoms with E-state index >= 15 is 0 Å². The van der Waals surface area contributed by atoms with E-state index in [1.807, 2.05) is 6.92 Å². The molecule has 0 fully saturated rings. The van der Waals surface area contributed by atoms with Crippen LogP contribution in [0.3, 0.4) is 0 Å². The van der Waals surface area contributed by atoms with Crippen molar-refractivity contribution in [2.24, 2.45) is 0 Å². The molecule has 0 saturated carbocycles. The summed E-state index contributed by atoms with van der Waals surface area (Å²) < 4.78 is 8.54. The van der Waals surface area contributed by atoms with E-state index in [1.165, 1.54) is 0 Å². The average Bonchev–Trinajstić information content (AvgIpc) is 2.25. The molecule has 1 atom stereocenters. The van der Waals surface area contributed by atoms with Crippen molar-refractivity contribution in [2.75, 3.05) is 6.61 Å². The van der Waals surface area contributed by atoms with Gasteiger partial charge in [0.2, 0.25) is 0 Å². The molecule has 2 N–H and O–H groups in total. The van der Waals surface area contributed by atoms with Gasteiger partial charge >= 0.3 is 11.9 Å². The minimum Gasteiger partial charge on any atom is -0.385 e. The van der Waals surface area contributed by atoms with E-state index in [4.69, 9.17) is 5.11 Å². The Labute approximate surface area is 92.0 Å². The lowest BCUT2D eigenvalue weighted by atomic mass is 10.2. The van der Waals surface area contributed by atoms with Gasteiger partial charge in [-0.15, -0.1) is 0 Å². The molecule has 0 aliphatic carbocycles. The third-order valence-corrected chi connectivity index (χ3v) is 1.96. The molecule has 0 saturated heterocycles. The van der Waals surface area contributed by atoms with Crippen LogP contribution < -0.4 is 0 Å². The van der Waals surface area contributed by atoms with E-state index in [9.17, 15) is 14.7 Å². The second kappa shape index (κ2) is 8.51. The summed E-state index contributed by atoms with van der Waals surface area (Å²) in [7, 11) is 0. The zero-order chi connectivity index (χ0) is 11.7. The highest BCUT2D eigenvalue weighted by atomic mass is 32.2. The maximum Gasteiger partial charge on any atom is 0.349 e. The van der Waals surface area contributed by atoms with Crippen molar-refractivity contribution in [3.8, 4) is 0 Å². The Bertz CT molecular complexity index is 207. The van der Waals surface area contributed by atoms with Gasteiger partial charge in [0.05, 0.1) is 0 Å². The van der Waals surface area contributed by atoms with Crippen molar-refractivity contribution in [1.82, 2.24) is 0 Å². The van der Waals surface area contributed by atoms with E-state index in [-0.39, 0.29) is 12.3 Å². The first-order valence-electron chi connectivity index (χ1n) is 4.48. The maximum atomic E-state index is 11.0. The fourth-order valence-electron chi connectivity index (χ4n) is 0.686. The van der Waals surface area contributed by atoms with Gasteiger partial charge in [-0.3, -0.25) is 0 Å². The summed E-state index contributed by atoms with van der Waals surface area (Å²) in [5.41, 5.74) is 0. The number of hydrogen-bond acceptors (Lipinski definition) is 7. The highest BCUT2D eigenvalue weighted by Gasteiger charge is 2.17.